The zero-order valence-corrected chi connectivity index (χ0v) is 14.1. The summed E-state index contributed by atoms with van der Waals surface area (Å²) in [5.74, 6) is 0. The highest BCUT2D eigenvalue weighted by Crippen LogP contribution is 2.24. The van der Waals surface area contributed by atoms with Gasteiger partial charge in [-0.2, -0.15) is 0 Å². The summed E-state index contributed by atoms with van der Waals surface area (Å²) in [7, 11) is -3.53. The van der Waals surface area contributed by atoms with Crippen molar-refractivity contribution in [1.29, 1.82) is 0 Å². The van der Waals surface area contributed by atoms with Gasteiger partial charge in [-0.3, -0.25) is 0 Å². The highest BCUT2D eigenvalue weighted by atomic mass is 32.2. The van der Waals surface area contributed by atoms with Gasteiger partial charge in [0.1, 0.15) is 5.65 Å². The molecule has 0 spiro atoms. The maximum Gasteiger partial charge on any atom is 0.240 e. The van der Waals surface area contributed by atoms with Gasteiger partial charge in [0.2, 0.25) is 10.0 Å². The van der Waals surface area contributed by atoms with Gasteiger partial charge in [0, 0.05) is 12.4 Å². The molecule has 6 heteroatoms. The van der Waals surface area contributed by atoms with Gasteiger partial charge in [0.15, 0.2) is 0 Å². The van der Waals surface area contributed by atoms with E-state index in [4.69, 9.17) is 0 Å². The molecule has 2 heterocycles. The van der Waals surface area contributed by atoms with Gasteiger partial charge in [-0.25, -0.2) is 18.1 Å². The summed E-state index contributed by atoms with van der Waals surface area (Å²) in [6.45, 7) is 0.182. The van der Waals surface area contributed by atoms with Crippen LogP contribution < -0.4 is 4.72 Å². The Morgan fingerprint density at radius 2 is 1.92 bits per heavy atom. The molecular formula is C18H19N3O2S. The first-order chi connectivity index (χ1) is 11.6. The van der Waals surface area contributed by atoms with Crippen LogP contribution in [-0.4, -0.2) is 17.8 Å². The average Bonchev–Trinajstić information content (AvgIpc) is 3.03. The molecule has 0 radical (unpaired) electrons. The Kier molecular flexibility index (Phi) is 3.86. The summed E-state index contributed by atoms with van der Waals surface area (Å²) >= 11 is 0. The molecule has 0 amide bonds. The van der Waals surface area contributed by atoms with E-state index in [0.717, 1.165) is 30.5 Å². The standard InChI is InChI=1S/C18H19N3O2S/c22-24(23,17-9-8-14-5-1-2-6-15(14)11-17)19-12-16-13-21-10-4-3-7-18(21)20-16/h3-4,7-11,13,19H,1-2,5-6,12H2. The minimum absolute atomic E-state index is 0.182. The van der Waals surface area contributed by atoms with E-state index in [2.05, 4.69) is 9.71 Å². The molecule has 24 heavy (non-hydrogen) atoms. The predicted molar refractivity (Wildman–Crippen MR) is 92.3 cm³/mol. The predicted octanol–water partition coefficient (Wildman–Crippen LogP) is 2.69. The van der Waals surface area contributed by atoms with Crippen LogP contribution in [-0.2, 0) is 29.4 Å². The summed E-state index contributed by atoms with van der Waals surface area (Å²) < 4.78 is 29.7. The summed E-state index contributed by atoms with van der Waals surface area (Å²) in [4.78, 5) is 4.76. The van der Waals surface area contributed by atoms with E-state index in [1.807, 2.05) is 47.1 Å². The Hall–Kier alpha value is -2.18. The van der Waals surface area contributed by atoms with Crippen LogP contribution in [0, 0.1) is 0 Å². The van der Waals surface area contributed by atoms with Crippen molar-refractivity contribution in [3.05, 3.63) is 65.6 Å². The van der Waals surface area contributed by atoms with Crippen LogP contribution >= 0.6 is 0 Å². The Morgan fingerprint density at radius 1 is 1.08 bits per heavy atom. The molecule has 5 nitrogen and oxygen atoms in total. The first kappa shape index (κ1) is 15.4. The maximum absolute atomic E-state index is 12.6. The van der Waals surface area contributed by atoms with Gasteiger partial charge in [-0.1, -0.05) is 12.1 Å². The second-order valence-corrected chi connectivity index (χ2v) is 7.93. The molecule has 0 aliphatic heterocycles. The molecular weight excluding hydrogens is 322 g/mol. The summed E-state index contributed by atoms with van der Waals surface area (Å²) in [5, 5.41) is 0. The molecule has 1 aliphatic carbocycles. The Balaban J connectivity index is 1.54. The van der Waals surface area contributed by atoms with Crippen molar-refractivity contribution >= 4 is 15.7 Å². The number of benzene rings is 1. The van der Waals surface area contributed by atoms with Crippen LogP contribution in [0.5, 0.6) is 0 Å². The van der Waals surface area contributed by atoms with Crippen molar-refractivity contribution in [2.75, 3.05) is 0 Å². The number of nitrogens with zero attached hydrogens (tertiary/aromatic N) is 2. The molecule has 0 saturated heterocycles. The fraction of sp³-hybridized carbons (Fsp3) is 0.278. The number of sulfonamides is 1. The smallest absolute Gasteiger partial charge is 0.240 e. The third-order valence-corrected chi connectivity index (χ3v) is 5.89. The molecule has 0 saturated carbocycles. The second-order valence-electron chi connectivity index (χ2n) is 6.16. The first-order valence-electron chi connectivity index (χ1n) is 8.16. The summed E-state index contributed by atoms with van der Waals surface area (Å²) in [6.07, 6.45) is 8.06. The van der Waals surface area contributed by atoms with Crippen LogP contribution in [0.25, 0.3) is 5.65 Å². The molecule has 3 aromatic rings. The molecule has 0 unspecified atom stereocenters. The Morgan fingerprint density at radius 3 is 2.75 bits per heavy atom. The maximum atomic E-state index is 12.6. The van der Waals surface area contributed by atoms with Gasteiger partial charge in [0.05, 0.1) is 17.1 Å². The third-order valence-electron chi connectivity index (χ3n) is 4.49. The van der Waals surface area contributed by atoms with Crippen LogP contribution in [0.3, 0.4) is 0 Å². The van der Waals surface area contributed by atoms with Crippen molar-refractivity contribution in [3.8, 4) is 0 Å². The van der Waals surface area contributed by atoms with E-state index in [1.54, 1.807) is 6.07 Å². The third kappa shape index (κ3) is 2.95. The van der Waals surface area contributed by atoms with E-state index in [-0.39, 0.29) is 6.54 Å². The molecule has 1 N–H and O–H groups in total. The molecule has 0 atom stereocenters. The van der Waals surface area contributed by atoms with E-state index < -0.39 is 10.0 Å². The SMILES string of the molecule is O=S(=O)(NCc1cn2ccccc2n1)c1ccc2c(c1)CCCC2. The fourth-order valence-corrected chi connectivity index (χ4v) is 4.25. The summed E-state index contributed by atoms with van der Waals surface area (Å²) in [6, 6.07) is 11.2. The van der Waals surface area contributed by atoms with Crippen molar-refractivity contribution in [3.63, 3.8) is 0 Å². The lowest BCUT2D eigenvalue weighted by molar-refractivity contribution is 0.580. The van der Waals surface area contributed by atoms with Gasteiger partial charge in [-0.05, 0) is 61.1 Å². The van der Waals surface area contributed by atoms with Crippen molar-refractivity contribution < 1.29 is 8.42 Å². The summed E-state index contributed by atoms with van der Waals surface area (Å²) in [5.41, 5.74) is 3.95. The second kappa shape index (κ2) is 6.03. The van der Waals surface area contributed by atoms with Gasteiger partial charge >= 0.3 is 0 Å². The molecule has 1 aliphatic rings. The largest absolute Gasteiger partial charge is 0.307 e. The lowest BCUT2D eigenvalue weighted by Gasteiger charge is -2.16. The highest BCUT2D eigenvalue weighted by Gasteiger charge is 2.18. The lowest BCUT2D eigenvalue weighted by Crippen LogP contribution is -2.23. The van der Waals surface area contributed by atoms with E-state index in [0.29, 0.717) is 10.6 Å². The zero-order valence-electron chi connectivity index (χ0n) is 13.3. The number of pyridine rings is 1. The molecule has 4 rings (SSSR count). The first-order valence-corrected chi connectivity index (χ1v) is 9.64. The monoisotopic (exact) mass is 341 g/mol. The van der Waals surface area contributed by atoms with E-state index in [1.165, 1.54) is 12.0 Å². The van der Waals surface area contributed by atoms with Gasteiger partial charge in [0.25, 0.3) is 0 Å². The zero-order chi connectivity index (χ0) is 16.6. The number of rotatable bonds is 4. The van der Waals surface area contributed by atoms with Crippen LogP contribution in [0.2, 0.25) is 0 Å². The van der Waals surface area contributed by atoms with Crippen molar-refractivity contribution in [1.82, 2.24) is 14.1 Å². The Bertz CT molecular complexity index is 959. The number of nitrogens with one attached hydrogen (secondary N) is 1. The molecule has 124 valence electrons. The minimum Gasteiger partial charge on any atom is -0.307 e. The molecule has 2 aromatic heterocycles. The van der Waals surface area contributed by atoms with Gasteiger partial charge < -0.3 is 4.40 Å². The van der Waals surface area contributed by atoms with Crippen LogP contribution in [0.4, 0.5) is 0 Å². The topological polar surface area (TPSA) is 63.5 Å². The normalized spacial score (nSPS) is 14.7. The highest BCUT2D eigenvalue weighted by molar-refractivity contribution is 7.89. The van der Waals surface area contributed by atoms with E-state index >= 15 is 0 Å². The Labute approximate surface area is 141 Å². The van der Waals surface area contributed by atoms with Crippen molar-refractivity contribution in [2.24, 2.45) is 0 Å². The van der Waals surface area contributed by atoms with Gasteiger partial charge in [-0.15, -0.1) is 0 Å². The number of hydrogen-bond donors (Lipinski definition) is 1. The number of aromatic nitrogens is 2. The van der Waals surface area contributed by atoms with Crippen LogP contribution in [0.1, 0.15) is 29.7 Å². The fourth-order valence-electron chi connectivity index (χ4n) is 3.20. The minimum atomic E-state index is -3.53. The number of hydrogen-bond acceptors (Lipinski definition) is 3. The van der Waals surface area contributed by atoms with Crippen LogP contribution in [0.15, 0.2) is 53.7 Å². The lowest BCUT2D eigenvalue weighted by atomic mass is 9.92. The molecule has 1 aromatic carbocycles. The van der Waals surface area contributed by atoms with Crippen molar-refractivity contribution in [2.45, 2.75) is 37.1 Å². The average molecular weight is 341 g/mol. The number of aryl methyl sites for hydroxylation is 2. The van der Waals surface area contributed by atoms with E-state index in [9.17, 15) is 8.42 Å². The number of imidazole rings is 1. The molecule has 0 fully saturated rings. The quantitative estimate of drug-likeness (QED) is 0.793. The molecule has 0 bridgehead atoms. The number of fused-ring (bicyclic) bond motifs is 2.